The number of fused-ring (bicyclic) bond motifs is 1. The third kappa shape index (κ3) is 7.04. The number of carbonyl (C=O) groups is 5. The van der Waals surface area contributed by atoms with Gasteiger partial charge < -0.3 is 37.5 Å². The Morgan fingerprint density at radius 2 is 1.61 bits per heavy atom. The van der Waals surface area contributed by atoms with E-state index in [-0.39, 0.29) is 6.42 Å². The maximum atomic E-state index is 12.5. The second-order valence-electron chi connectivity index (χ2n) is 7.70. The predicted molar refractivity (Wildman–Crippen MR) is 119 cm³/mol. The molecule has 33 heavy (non-hydrogen) atoms. The quantitative estimate of drug-likeness (QED) is 0.210. The van der Waals surface area contributed by atoms with Gasteiger partial charge in [0, 0.05) is 17.1 Å². The number of hydrogen-bond acceptors (Lipinski definition) is 6. The van der Waals surface area contributed by atoms with Crippen molar-refractivity contribution in [2.24, 2.45) is 11.5 Å². The van der Waals surface area contributed by atoms with E-state index in [4.69, 9.17) is 16.6 Å². The van der Waals surface area contributed by atoms with E-state index in [0.29, 0.717) is 0 Å². The number of H-pyrrole nitrogens is 1. The maximum Gasteiger partial charge on any atom is 0.325 e. The number of aliphatic carboxylic acids is 1. The third-order valence-corrected chi connectivity index (χ3v) is 4.97. The van der Waals surface area contributed by atoms with Gasteiger partial charge >= 0.3 is 5.97 Å². The predicted octanol–water partition coefficient (Wildman–Crippen LogP) is -1.51. The molecule has 4 unspecified atom stereocenters. The Balaban J connectivity index is 1.97. The van der Waals surface area contributed by atoms with E-state index in [1.807, 2.05) is 24.3 Å². The molecule has 0 saturated heterocycles. The van der Waals surface area contributed by atoms with Crippen molar-refractivity contribution in [2.45, 2.75) is 50.9 Å². The molecule has 178 valence electrons. The lowest BCUT2D eigenvalue weighted by Crippen LogP contribution is -2.56. The number of para-hydroxylation sites is 1. The molecule has 12 nitrogen and oxygen atoms in total. The molecular weight excluding hydrogens is 432 g/mol. The molecule has 0 bridgehead atoms. The minimum atomic E-state index is -1.41. The highest BCUT2D eigenvalue weighted by molar-refractivity contribution is 5.96. The number of benzene rings is 1. The van der Waals surface area contributed by atoms with Crippen LogP contribution in [0.5, 0.6) is 0 Å². The van der Waals surface area contributed by atoms with E-state index in [1.165, 1.54) is 13.8 Å². The Bertz CT molecular complexity index is 1050. The van der Waals surface area contributed by atoms with Gasteiger partial charge in [-0.15, -0.1) is 0 Å². The van der Waals surface area contributed by atoms with E-state index >= 15 is 0 Å². The van der Waals surface area contributed by atoms with E-state index < -0.39 is 60.2 Å². The number of nitrogens with two attached hydrogens (primary N) is 2. The number of carboxylic acids is 1. The molecule has 0 aliphatic carbocycles. The molecule has 0 aliphatic rings. The second kappa shape index (κ2) is 11.1. The van der Waals surface area contributed by atoms with Crippen molar-refractivity contribution < 1.29 is 29.1 Å². The highest BCUT2D eigenvalue weighted by Crippen LogP contribution is 2.18. The van der Waals surface area contributed by atoms with Gasteiger partial charge in [-0.2, -0.15) is 0 Å². The average molecular weight is 460 g/mol. The number of hydrogen-bond donors (Lipinski definition) is 7. The Morgan fingerprint density at radius 1 is 0.970 bits per heavy atom. The van der Waals surface area contributed by atoms with Crippen LogP contribution in [0, 0.1) is 0 Å². The summed E-state index contributed by atoms with van der Waals surface area (Å²) in [7, 11) is 0. The molecule has 4 amide bonds. The van der Waals surface area contributed by atoms with Gasteiger partial charge in [0.1, 0.15) is 18.1 Å². The summed E-state index contributed by atoms with van der Waals surface area (Å²) in [6, 6.07) is 2.86. The molecule has 0 saturated carbocycles. The van der Waals surface area contributed by atoms with Crippen LogP contribution in [0.4, 0.5) is 0 Å². The largest absolute Gasteiger partial charge is 0.480 e. The highest BCUT2D eigenvalue weighted by Gasteiger charge is 2.28. The average Bonchev–Trinajstić information content (AvgIpc) is 3.15. The van der Waals surface area contributed by atoms with Crippen LogP contribution in [0.25, 0.3) is 10.9 Å². The normalized spacial score (nSPS) is 14.5. The van der Waals surface area contributed by atoms with Crippen molar-refractivity contribution in [3.63, 3.8) is 0 Å². The van der Waals surface area contributed by atoms with Crippen LogP contribution >= 0.6 is 0 Å². The van der Waals surface area contributed by atoms with Gasteiger partial charge in [0.15, 0.2) is 0 Å². The summed E-state index contributed by atoms with van der Waals surface area (Å²) >= 11 is 0. The third-order valence-electron chi connectivity index (χ3n) is 4.97. The van der Waals surface area contributed by atoms with Crippen molar-refractivity contribution in [3.05, 3.63) is 36.0 Å². The SMILES string of the molecule is CC(NC(=O)C(CC(N)=O)NC(=O)C(C)NC(=O)C(N)Cc1c[nH]c2ccccc12)C(=O)O. The number of amides is 4. The Labute approximate surface area is 189 Å². The van der Waals surface area contributed by atoms with Gasteiger partial charge in [0.05, 0.1) is 12.5 Å². The van der Waals surface area contributed by atoms with Gasteiger partial charge in [-0.05, 0) is 31.9 Å². The van der Waals surface area contributed by atoms with Crippen LogP contribution in [-0.2, 0) is 30.4 Å². The van der Waals surface area contributed by atoms with Crippen molar-refractivity contribution in [2.75, 3.05) is 0 Å². The zero-order valence-electron chi connectivity index (χ0n) is 18.3. The minimum absolute atomic E-state index is 0.226. The number of nitrogens with one attached hydrogen (secondary N) is 4. The minimum Gasteiger partial charge on any atom is -0.480 e. The molecule has 1 aromatic heterocycles. The number of primary amides is 1. The Morgan fingerprint density at radius 3 is 2.24 bits per heavy atom. The van der Waals surface area contributed by atoms with Crippen molar-refractivity contribution >= 4 is 40.5 Å². The molecular formula is C21H28N6O6. The standard InChI is InChI=1S/C21H28N6O6/c1-10(18(29)27-16(8-17(23)28)20(31)26-11(2)21(32)33)25-19(30)14(22)7-12-9-24-15-6-4-3-5-13(12)15/h3-6,9-11,14,16,24H,7-8,22H2,1-2H3,(H2,23,28)(H,25,30)(H,26,31)(H,27,29)(H,32,33). The fraction of sp³-hybridized carbons (Fsp3) is 0.381. The molecule has 0 fully saturated rings. The van der Waals surface area contributed by atoms with Crippen LogP contribution in [0.1, 0.15) is 25.8 Å². The lowest BCUT2D eigenvalue weighted by molar-refractivity contribution is -0.142. The highest BCUT2D eigenvalue weighted by atomic mass is 16.4. The first-order valence-corrected chi connectivity index (χ1v) is 10.2. The molecule has 1 heterocycles. The molecule has 12 heteroatoms. The van der Waals surface area contributed by atoms with Gasteiger partial charge in [-0.3, -0.25) is 24.0 Å². The van der Waals surface area contributed by atoms with Crippen LogP contribution in [0.2, 0.25) is 0 Å². The number of aromatic nitrogens is 1. The Kier molecular flexibility index (Phi) is 8.51. The zero-order chi connectivity index (χ0) is 24.7. The first-order valence-electron chi connectivity index (χ1n) is 10.2. The molecule has 4 atom stereocenters. The smallest absolute Gasteiger partial charge is 0.325 e. The monoisotopic (exact) mass is 460 g/mol. The summed E-state index contributed by atoms with van der Waals surface area (Å²) in [5.41, 5.74) is 12.9. The number of aromatic amines is 1. The lowest BCUT2D eigenvalue weighted by Gasteiger charge is -2.22. The van der Waals surface area contributed by atoms with Crippen LogP contribution in [0.3, 0.4) is 0 Å². The summed E-state index contributed by atoms with van der Waals surface area (Å²) in [5.74, 6) is -4.43. The van der Waals surface area contributed by atoms with E-state index in [1.54, 1.807) is 6.20 Å². The number of rotatable bonds is 11. The topological polar surface area (TPSA) is 209 Å². The van der Waals surface area contributed by atoms with Crippen LogP contribution in [0.15, 0.2) is 30.5 Å². The lowest BCUT2D eigenvalue weighted by atomic mass is 10.0. The summed E-state index contributed by atoms with van der Waals surface area (Å²) < 4.78 is 0. The zero-order valence-corrected chi connectivity index (χ0v) is 18.3. The number of carboxylic acid groups (broad SMARTS) is 1. The van der Waals surface area contributed by atoms with Gasteiger partial charge in [0.25, 0.3) is 0 Å². The number of carbonyl (C=O) groups excluding carboxylic acids is 4. The van der Waals surface area contributed by atoms with E-state index in [0.717, 1.165) is 16.5 Å². The summed E-state index contributed by atoms with van der Waals surface area (Å²) in [6.07, 6.45) is 1.44. The van der Waals surface area contributed by atoms with Gasteiger partial charge in [-0.25, -0.2) is 0 Å². The summed E-state index contributed by atoms with van der Waals surface area (Å²) in [4.78, 5) is 62.5. The van der Waals surface area contributed by atoms with Crippen molar-refractivity contribution in [3.8, 4) is 0 Å². The van der Waals surface area contributed by atoms with Crippen LogP contribution in [-0.4, -0.2) is 63.9 Å². The fourth-order valence-corrected chi connectivity index (χ4v) is 3.10. The summed E-state index contributed by atoms with van der Waals surface area (Å²) in [6.45, 7) is 2.60. The fourth-order valence-electron chi connectivity index (χ4n) is 3.10. The molecule has 2 rings (SSSR count). The molecule has 0 spiro atoms. The summed E-state index contributed by atoms with van der Waals surface area (Å²) in [5, 5.41) is 16.8. The van der Waals surface area contributed by atoms with Crippen LogP contribution < -0.4 is 27.4 Å². The molecule has 0 aliphatic heterocycles. The molecule has 2 aromatic rings. The molecule has 0 radical (unpaired) electrons. The second-order valence-corrected chi connectivity index (χ2v) is 7.70. The maximum absolute atomic E-state index is 12.5. The first kappa shape index (κ1) is 25.3. The van der Waals surface area contributed by atoms with E-state index in [2.05, 4.69) is 20.9 Å². The van der Waals surface area contributed by atoms with Gasteiger partial charge in [-0.1, -0.05) is 18.2 Å². The van der Waals surface area contributed by atoms with Gasteiger partial charge in [0.2, 0.25) is 23.6 Å². The molecule has 9 N–H and O–H groups in total. The Hall–Kier alpha value is -3.93. The van der Waals surface area contributed by atoms with Crippen molar-refractivity contribution in [1.82, 2.24) is 20.9 Å². The first-order chi connectivity index (χ1) is 15.5. The van der Waals surface area contributed by atoms with Crippen molar-refractivity contribution in [1.29, 1.82) is 0 Å². The molecule has 1 aromatic carbocycles. The van der Waals surface area contributed by atoms with E-state index in [9.17, 15) is 24.0 Å².